The first kappa shape index (κ1) is 18.0. The summed E-state index contributed by atoms with van der Waals surface area (Å²) >= 11 is 0. The summed E-state index contributed by atoms with van der Waals surface area (Å²) in [7, 11) is -1.69. The molecule has 0 saturated heterocycles. The zero-order valence-electron chi connectivity index (χ0n) is 15.3. The molecular formula is C19H34O2Si. The van der Waals surface area contributed by atoms with E-state index in [2.05, 4.69) is 59.5 Å². The second-order valence-electron chi connectivity index (χ2n) is 9.20. The van der Waals surface area contributed by atoms with Crippen LogP contribution in [0, 0.1) is 17.3 Å². The van der Waals surface area contributed by atoms with E-state index in [-0.39, 0.29) is 10.5 Å². The van der Waals surface area contributed by atoms with Gasteiger partial charge < -0.3 is 9.53 Å². The van der Waals surface area contributed by atoms with Gasteiger partial charge in [0.25, 0.3) is 0 Å². The highest BCUT2D eigenvalue weighted by atomic mass is 28.4. The number of allylic oxidation sites excluding steroid dienone is 1. The molecule has 0 unspecified atom stereocenters. The lowest BCUT2D eigenvalue weighted by molar-refractivity contribution is -0.120. The molecule has 3 aliphatic carbocycles. The van der Waals surface area contributed by atoms with Gasteiger partial charge in [-0.2, -0.15) is 0 Å². The maximum Gasteiger partial charge on any atom is 0.191 e. The summed E-state index contributed by atoms with van der Waals surface area (Å²) in [5.41, 5.74) is -0.765. The predicted octanol–water partition coefficient (Wildman–Crippen LogP) is 4.92. The molecule has 0 aliphatic heterocycles. The van der Waals surface area contributed by atoms with Crippen molar-refractivity contribution in [2.24, 2.45) is 17.3 Å². The molecule has 4 atom stereocenters. The second-order valence-corrected chi connectivity index (χ2v) is 14.0. The minimum Gasteiger partial charge on any atom is -0.417 e. The highest BCUT2D eigenvalue weighted by molar-refractivity contribution is 6.74. The molecule has 1 N–H and O–H groups in total. The minimum absolute atomic E-state index is 0.141. The Kier molecular flexibility index (Phi) is 4.58. The van der Waals surface area contributed by atoms with Gasteiger partial charge in [0.05, 0.1) is 5.60 Å². The first-order valence-corrected chi connectivity index (χ1v) is 11.5. The largest absolute Gasteiger partial charge is 0.417 e. The van der Waals surface area contributed by atoms with Crippen molar-refractivity contribution in [1.82, 2.24) is 0 Å². The zero-order chi connectivity index (χ0) is 16.8. The number of fused-ring (bicyclic) bond motifs is 2. The Hall–Kier alpha value is -0.383. The van der Waals surface area contributed by atoms with Crippen LogP contribution in [0.1, 0.15) is 47.0 Å². The molecule has 0 heterocycles. The normalized spacial score (nSPS) is 38.3. The van der Waals surface area contributed by atoms with Crippen molar-refractivity contribution in [3.05, 3.63) is 24.8 Å². The standard InChI is InChI=1S/C19H34O2Si/c1-8-10-19(20)13-15-9-11-18(19,5)12-16(15)14-21-22(6,7)17(2,3)4/h8-9,11,15-16,20H,1,10,12-14H2,2-7H3/t15-,16+,18-,19-/m1/s1. The quantitative estimate of drug-likeness (QED) is 0.575. The molecule has 1 saturated carbocycles. The van der Waals surface area contributed by atoms with Crippen LogP contribution in [-0.4, -0.2) is 25.6 Å². The highest BCUT2D eigenvalue weighted by Gasteiger charge is 2.54. The Morgan fingerprint density at radius 3 is 2.50 bits per heavy atom. The summed E-state index contributed by atoms with van der Waals surface area (Å²) in [6.45, 7) is 18.4. The maximum atomic E-state index is 11.0. The van der Waals surface area contributed by atoms with Crippen molar-refractivity contribution in [2.75, 3.05) is 6.61 Å². The van der Waals surface area contributed by atoms with Crippen LogP contribution in [0.5, 0.6) is 0 Å². The average molecular weight is 323 g/mol. The van der Waals surface area contributed by atoms with Gasteiger partial charge in [-0.05, 0) is 49.2 Å². The highest BCUT2D eigenvalue weighted by Crippen LogP contribution is 2.56. The lowest BCUT2D eigenvalue weighted by atomic mass is 9.53. The van der Waals surface area contributed by atoms with Crippen LogP contribution in [-0.2, 0) is 4.43 Å². The van der Waals surface area contributed by atoms with Gasteiger partial charge in [-0.1, -0.05) is 45.9 Å². The summed E-state index contributed by atoms with van der Waals surface area (Å²) in [5.74, 6) is 0.978. The molecule has 22 heavy (non-hydrogen) atoms. The molecule has 0 aromatic carbocycles. The Bertz CT molecular complexity index is 463. The molecule has 2 nitrogen and oxygen atoms in total. The number of hydrogen-bond acceptors (Lipinski definition) is 2. The fraction of sp³-hybridized carbons (Fsp3) is 0.789. The summed E-state index contributed by atoms with van der Waals surface area (Å²) in [6.07, 6.45) is 8.97. The minimum atomic E-state index is -1.69. The van der Waals surface area contributed by atoms with E-state index in [1.165, 1.54) is 0 Å². The van der Waals surface area contributed by atoms with Gasteiger partial charge in [0.2, 0.25) is 0 Å². The molecule has 0 amide bonds. The molecule has 1 fully saturated rings. The van der Waals surface area contributed by atoms with E-state index in [4.69, 9.17) is 4.43 Å². The van der Waals surface area contributed by atoms with Gasteiger partial charge in [-0.15, -0.1) is 6.58 Å². The maximum absolute atomic E-state index is 11.0. The Morgan fingerprint density at radius 1 is 1.36 bits per heavy atom. The second kappa shape index (κ2) is 5.61. The van der Waals surface area contributed by atoms with Crippen molar-refractivity contribution in [1.29, 1.82) is 0 Å². The summed E-state index contributed by atoms with van der Waals surface area (Å²) < 4.78 is 6.46. The van der Waals surface area contributed by atoms with Crippen molar-refractivity contribution < 1.29 is 9.53 Å². The van der Waals surface area contributed by atoms with E-state index in [0.717, 1.165) is 19.4 Å². The van der Waals surface area contributed by atoms with Crippen LogP contribution in [0.2, 0.25) is 18.1 Å². The average Bonchev–Trinajstić information content (AvgIpc) is 2.37. The summed E-state index contributed by atoms with van der Waals surface area (Å²) in [5, 5.41) is 11.3. The van der Waals surface area contributed by atoms with Crippen LogP contribution in [0.15, 0.2) is 24.8 Å². The van der Waals surface area contributed by atoms with Crippen LogP contribution in [0.4, 0.5) is 0 Å². The van der Waals surface area contributed by atoms with E-state index in [0.29, 0.717) is 18.3 Å². The molecule has 3 rings (SSSR count). The van der Waals surface area contributed by atoms with Crippen LogP contribution in [0.3, 0.4) is 0 Å². The zero-order valence-corrected chi connectivity index (χ0v) is 16.3. The molecule has 0 aromatic rings. The first-order chi connectivity index (χ1) is 9.94. The number of hydrogen-bond donors (Lipinski definition) is 1. The fourth-order valence-electron chi connectivity index (χ4n) is 3.73. The SMILES string of the molecule is C=CC[C@@]1(O)C[C@H]2C=C[C@]1(C)C[C@H]2CO[Si](C)(C)C(C)(C)C. The van der Waals surface area contributed by atoms with Gasteiger partial charge >= 0.3 is 0 Å². The number of rotatable bonds is 5. The molecule has 0 radical (unpaired) electrons. The molecule has 0 spiro atoms. The molecule has 3 heteroatoms. The van der Waals surface area contributed by atoms with E-state index in [1.54, 1.807) is 0 Å². The van der Waals surface area contributed by atoms with Gasteiger partial charge in [0, 0.05) is 12.0 Å². The van der Waals surface area contributed by atoms with Crippen molar-refractivity contribution in [2.45, 2.75) is 70.7 Å². The summed E-state index contributed by atoms with van der Waals surface area (Å²) in [4.78, 5) is 0. The molecule has 0 aromatic heterocycles. The van der Waals surface area contributed by atoms with Gasteiger partial charge in [0.15, 0.2) is 8.32 Å². The van der Waals surface area contributed by atoms with Crippen molar-refractivity contribution in [3.63, 3.8) is 0 Å². The topological polar surface area (TPSA) is 29.5 Å². The molecule has 2 bridgehead atoms. The molecular weight excluding hydrogens is 288 g/mol. The Labute approximate surface area is 137 Å². The van der Waals surface area contributed by atoms with Crippen molar-refractivity contribution >= 4 is 8.32 Å². The van der Waals surface area contributed by atoms with E-state index in [9.17, 15) is 5.11 Å². The van der Waals surface area contributed by atoms with Crippen LogP contribution >= 0.6 is 0 Å². The van der Waals surface area contributed by atoms with Crippen LogP contribution in [0.25, 0.3) is 0 Å². The Morgan fingerprint density at radius 2 is 2.00 bits per heavy atom. The molecule has 126 valence electrons. The fourth-order valence-corrected chi connectivity index (χ4v) is 4.79. The number of aliphatic hydroxyl groups is 1. The Balaban J connectivity index is 2.07. The van der Waals surface area contributed by atoms with Gasteiger partial charge in [0.1, 0.15) is 0 Å². The van der Waals surface area contributed by atoms with E-state index >= 15 is 0 Å². The lowest BCUT2D eigenvalue weighted by Gasteiger charge is -2.56. The monoisotopic (exact) mass is 322 g/mol. The predicted molar refractivity (Wildman–Crippen MR) is 96.4 cm³/mol. The lowest BCUT2D eigenvalue weighted by Crippen LogP contribution is -2.56. The smallest absolute Gasteiger partial charge is 0.191 e. The van der Waals surface area contributed by atoms with Gasteiger partial charge in [-0.25, -0.2) is 0 Å². The van der Waals surface area contributed by atoms with E-state index in [1.807, 2.05) is 6.08 Å². The van der Waals surface area contributed by atoms with E-state index < -0.39 is 13.9 Å². The third kappa shape index (κ3) is 3.00. The first-order valence-electron chi connectivity index (χ1n) is 8.61. The third-order valence-corrected chi connectivity index (χ3v) is 11.1. The van der Waals surface area contributed by atoms with Crippen molar-refractivity contribution in [3.8, 4) is 0 Å². The van der Waals surface area contributed by atoms with Gasteiger partial charge in [-0.3, -0.25) is 0 Å². The van der Waals surface area contributed by atoms with Crippen LogP contribution < -0.4 is 0 Å². The summed E-state index contributed by atoms with van der Waals surface area (Å²) in [6, 6.07) is 0. The third-order valence-electron chi connectivity index (χ3n) is 6.59. The molecule has 3 aliphatic rings.